The van der Waals surface area contributed by atoms with Gasteiger partial charge in [-0.25, -0.2) is 0 Å². The topological polar surface area (TPSA) is 105 Å². The van der Waals surface area contributed by atoms with Crippen LogP contribution in [0.3, 0.4) is 0 Å². The first-order valence-electron chi connectivity index (χ1n) is 21.5. The van der Waals surface area contributed by atoms with Crippen LogP contribution in [0.25, 0.3) is 99.5 Å². The Hall–Kier alpha value is -9.67. The summed E-state index contributed by atoms with van der Waals surface area (Å²) in [6, 6.07) is 66.8. The van der Waals surface area contributed by atoms with E-state index in [-0.39, 0.29) is 5.56 Å². The van der Waals surface area contributed by atoms with Crippen LogP contribution in [0.4, 0.5) is 13.2 Å². The highest BCUT2D eigenvalue weighted by Crippen LogP contribution is 2.44. The van der Waals surface area contributed by atoms with Crippen molar-refractivity contribution >= 4 is 43.6 Å². The van der Waals surface area contributed by atoms with Crippen LogP contribution in [0, 0.1) is 45.3 Å². The van der Waals surface area contributed by atoms with Gasteiger partial charge >= 0.3 is 6.18 Å². The molecule has 2 heterocycles. The van der Waals surface area contributed by atoms with Gasteiger partial charge in [0, 0.05) is 32.7 Å². The molecule has 9 heteroatoms. The number of alkyl halides is 3. The first kappa shape index (κ1) is 41.1. The molecular weight excluding hydrogens is 850 g/mol. The van der Waals surface area contributed by atoms with Crippen LogP contribution in [0.2, 0.25) is 0 Å². The fourth-order valence-electron chi connectivity index (χ4n) is 9.49. The van der Waals surface area contributed by atoms with Crippen molar-refractivity contribution in [3.63, 3.8) is 0 Å². The number of fused-ring (bicyclic) bond motifs is 6. The molecule has 11 rings (SSSR count). The van der Waals surface area contributed by atoms with Crippen molar-refractivity contribution in [2.45, 2.75) is 6.18 Å². The Kier molecular flexibility index (Phi) is 9.72. The predicted octanol–water partition coefficient (Wildman–Crippen LogP) is 15.1. The van der Waals surface area contributed by atoms with Crippen LogP contribution in [0.5, 0.6) is 0 Å². The Morgan fingerprint density at radius 2 is 0.809 bits per heavy atom. The van der Waals surface area contributed by atoms with E-state index in [0.717, 1.165) is 94.8 Å². The SMILES string of the molecule is N#Cc1ccc(-c2ccc3c(c2)c2ccccc2n3-c2ccc(C#N)cc2-c2ccc(-c3ccc(C(F)(F)F)cc3C#N)cc2-n2c3ccccc3c3cc(-c4ccc(C#N)cc4)ccc32)cc1. The zero-order valence-corrected chi connectivity index (χ0v) is 35.7. The lowest BCUT2D eigenvalue weighted by Gasteiger charge is -2.20. The molecule has 0 bridgehead atoms. The Bertz CT molecular complexity index is 4050. The van der Waals surface area contributed by atoms with Crippen molar-refractivity contribution in [1.82, 2.24) is 9.13 Å². The van der Waals surface area contributed by atoms with Gasteiger partial charge in [-0.15, -0.1) is 0 Å². The molecule has 11 aromatic rings. The van der Waals surface area contributed by atoms with E-state index < -0.39 is 11.7 Å². The number of nitriles is 4. The lowest BCUT2D eigenvalue weighted by atomic mass is 9.93. The molecule has 68 heavy (non-hydrogen) atoms. The highest BCUT2D eigenvalue weighted by Gasteiger charge is 2.31. The molecule has 318 valence electrons. The van der Waals surface area contributed by atoms with Crippen LogP contribution < -0.4 is 0 Å². The third-order valence-electron chi connectivity index (χ3n) is 12.7. The molecule has 0 spiro atoms. The molecule has 6 nitrogen and oxygen atoms in total. The number of halogens is 3. The summed E-state index contributed by atoms with van der Waals surface area (Å²) in [5.41, 5.74) is 11.7. The summed E-state index contributed by atoms with van der Waals surface area (Å²) >= 11 is 0. The van der Waals surface area contributed by atoms with E-state index in [2.05, 4.69) is 69.8 Å². The number of hydrogen-bond donors (Lipinski definition) is 0. The molecule has 0 atom stereocenters. The Morgan fingerprint density at radius 1 is 0.338 bits per heavy atom. The monoisotopic (exact) mass is 880 g/mol. The second kappa shape index (κ2) is 16.1. The second-order valence-corrected chi connectivity index (χ2v) is 16.5. The summed E-state index contributed by atoms with van der Waals surface area (Å²) in [5.74, 6) is 0. The zero-order valence-electron chi connectivity index (χ0n) is 35.7. The molecule has 0 amide bonds. The molecule has 0 aliphatic rings. The van der Waals surface area contributed by atoms with E-state index in [9.17, 15) is 34.2 Å². The number of rotatable bonds is 6. The molecule has 0 saturated heterocycles. The van der Waals surface area contributed by atoms with Crippen molar-refractivity contribution in [3.8, 4) is 80.2 Å². The van der Waals surface area contributed by atoms with Crippen LogP contribution in [-0.4, -0.2) is 9.13 Å². The minimum absolute atomic E-state index is 0.120. The minimum atomic E-state index is -4.64. The van der Waals surface area contributed by atoms with Crippen LogP contribution in [0.15, 0.2) is 188 Å². The Morgan fingerprint density at radius 3 is 1.34 bits per heavy atom. The van der Waals surface area contributed by atoms with Crippen molar-refractivity contribution in [3.05, 3.63) is 216 Å². The maximum Gasteiger partial charge on any atom is 0.416 e. The standard InChI is InChI=1S/C59H31F3N6/c60-59(61,62)45-21-23-46(44(28-45)35-66)43-18-22-49(58(31-43)68-54-8-4-2-6-48(54)52-30-42(20-26-57(52)68)40-16-11-37(33-64)12-17-40)50-27-38(34-65)13-24-55(50)67-53-7-3-1-5-47(53)51-29-41(19-25-56(51)67)39-14-9-36(32-63)10-15-39/h1-31H. The molecule has 0 saturated carbocycles. The van der Waals surface area contributed by atoms with E-state index in [0.29, 0.717) is 33.5 Å². The number of hydrogen-bond acceptors (Lipinski definition) is 4. The van der Waals surface area contributed by atoms with Gasteiger partial charge in [-0.3, -0.25) is 0 Å². The lowest BCUT2D eigenvalue weighted by molar-refractivity contribution is -0.137. The van der Waals surface area contributed by atoms with Gasteiger partial charge in [0.1, 0.15) is 0 Å². The third kappa shape index (κ3) is 6.79. The molecular formula is C59H31F3N6. The van der Waals surface area contributed by atoms with Gasteiger partial charge in [0.2, 0.25) is 0 Å². The van der Waals surface area contributed by atoms with Gasteiger partial charge in [0.15, 0.2) is 0 Å². The highest BCUT2D eigenvalue weighted by atomic mass is 19.4. The summed E-state index contributed by atoms with van der Waals surface area (Å²) < 4.78 is 46.2. The van der Waals surface area contributed by atoms with Crippen LogP contribution >= 0.6 is 0 Å². The van der Waals surface area contributed by atoms with E-state index in [1.807, 2.05) is 103 Å². The largest absolute Gasteiger partial charge is 0.416 e. The molecule has 0 unspecified atom stereocenters. The van der Waals surface area contributed by atoms with Gasteiger partial charge in [-0.2, -0.15) is 34.2 Å². The third-order valence-corrected chi connectivity index (χ3v) is 12.7. The Labute approximate surface area is 387 Å². The fourth-order valence-corrected chi connectivity index (χ4v) is 9.49. The summed E-state index contributed by atoms with van der Waals surface area (Å²) in [5, 5.41) is 43.5. The number of benzene rings is 9. The number of para-hydroxylation sites is 2. The zero-order chi connectivity index (χ0) is 46.7. The first-order chi connectivity index (χ1) is 33.1. The summed E-state index contributed by atoms with van der Waals surface area (Å²) in [7, 11) is 0. The number of nitrogens with zero attached hydrogens (tertiary/aromatic N) is 6. The summed E-state index contributed by atoms with van der Waals surface area (Å²) in [6.07, 6.45) is -4.64. The smallest absolute Gasteiger partial charge is 0.309 e. The average molecular weight is 881 g/mol. The van der Waals surface area contributed by atoms with Crippen LogP contribution in [0.1, 0.15) is 27.8 Å². The van der Waals surface area contributed by atoms with E-state index in [1.54, 1.807) is 30.3 Å². The Balaban J connectivity index is 1.20. The lowest BCUT2D eigenvalue weighted by Crippen LogP contribution is -2.05. The maximum absolute atomic E-state index is 14.0. The molecule has 0 radical (unpaired) electrons. The number of aromatic nitrogens is 2. The van der Waals surface area contributed by atoms with Crippen molar-refractivity contribution < 1.29 is 13.2 Å². The van der Waals surface area contributed by atoms with Crippen molar-refractivity contribution in [1.29, 1.82) is 21.0 Å². The summed E-state index contributed by atoms with van der Waals surface area (Å²) in [6.45, 7) is 0. The van der Waals surface area contributed by atoms with E-state index in [1.165, 1.54) is 6.07 Å². The first-order valence-corrected chi connectivity index (χ1v) is 21.5. The molecule has 0 aliphatic carbocycles. The van der Waals surface area contributed by atoms with Gasteiger partial charge < -0.3 is 9.13 Å². The van der Waals surface area contributed by atoms with Gasteiger partial charge in [-0.05, 0) is 130 Å². The molecule has 0 aliphatic heterocycles. The average Bonchev–Trinajstić information content (AvgIpc) is 3.90. The maximum atomic E-state index is 14.0. The normalized spacial score (nSPS) is 11.4. The molecule has 0 N–H and O–H groups in total. The molecule has 2 aromatic heterocycles. The van der Waals surface area contributed by atoms with Gasteiger partial charge in [0.05, 0.1) is 85.5 Å². The second-order valence-electron chi connectivity index (χ2n) is 16.5. The van der Waals surface area contributed by atoms with Crippen molar-refractivity contribution in [2.75, 3.05) is 0 Å². The van der Waals surface area contributed by atoms with E-state index in [4.69, 9.17) is 0 Å². The highest BCUT2D eigenvalue weighted by molar-refractivity contribution is 6.13. The van der Waals surface area contributed by atoms with Gasteiger partial charge in [-0.1, -0.05) is 91.0 Å². The summed E-state index contributed by atoms with van der Waals surface area (Å²) in [4.78, 5) is 0. The van der Waals surface area contributed by atoms with Crippen LogP contribution in [-0.2, 0) is 6.18 Å². The predicted molar refractivity (Wildman–Crippen MR) is 261 cm³/mol. The fraction of sp³-hybridized carbons (Fsp3) is 0.0169. The van der Waals surface area contributed by atoms with Gasteiger partial charge in [0.25, 0.3) is 0 Å². The quantitative estimate of drug-likeness (QED) is 0.166. The minimum Gasteiger partial charge on any atom is -0.309 e. The van der Waals surface area contributed by atoms with Crippen molar-refractivity contribution in [2.24, 2.45) is 0 Å². The van der Waals surface area contributed by atoms with E-state index >= 15 is 0 Å². The molecule has 9 aromatic carbocycles. The molecule has 0 fully saturated rings.